The lowest BCUT2D eigenvalue weighted by atomic mass is 9.66. The highest BCUT2D eigenvalue weighted by Crippen LogP contribution is 2.70. The molecule has 0 radical (unpaired) electrons. The van der Waals surface area contributed by atoms with Crippen LogP contribution in [0.25, 0.3) is 0 Å². The van der Waals surface area contributed by atoms with Crippen LogP contribution in [0, 0.1) is 22.7 Å². The van der Waals surface area contributed by atoms with E-state index >= 15 is 0 Å². The SMILES string of the molecule is COC(=O)C12CC3CC(C1)C(C(C)=O)(C3)C2. The minimum atomic E-state index is -0.313. The van der Waals surface area contributed by atoms with Crippen LogP contribution in [0.15, 0.2) is 0 Å². The zero-order valence-corrected chi connectivity index (χ0v) is 9.91. The standard InChI is InChI=1S/C13H18O3/c1-8(14)13-5-9-3-10(13)6-12(4-9,7-13)11(15)16-2/h9-10H,3-7H2,1-2H3. The highest BCUT2D eigenvalue weighted by Gasteiger charge is 2.68. The van der Waals surface area contributed by atoms with Gasteiger partial charge in [-0.25, -0.2) is 0 Å². The summed E-state index contributed by atoms with van der Waals surface area (Å²) < 4.78 is 4.95. The number of ether oxygens (including phenoxy) is 1. The maximum absolute atomic E-state index is 11.9. The molecule has 4 fully saturated rings. The van der Waals surface area contributed by atoms with Crippen molar-refractivity contribution in [2.24, 2.45) is 22.7 Å². The minimum Gasteiger partial charge on any atom is -0.469 e. The number of rotatable bonds is 2. The summed E-state index contributed by atoms with van der Waals surface area (Å²) in [6.07, 6.45) is 4.76. The van der Waals surface area contributed by atoms with Crippen LogP contribution in [-0.2, 0) is 14.3 Å². The van der Waals surface area contributed by atoms with Gasteiger partial charge in [-0.05, 0) is 50.9 Å². The first kappa shape index (κ1) is 10.3. The Kier molecular flexibility index (Phi) is 1.85. The van der Waals surface area contributed by atoms with E-state index in [1.807, 2.05) is 0 Å². The summed E-state index contributed by atoms with van der Waals surface area (Å²) in [6.45, 7) is 1.70. The molecule has 0 spiro atoms. The number of ketones is 1. The molecule has 0 aliphatic heterocycles. The van der Waals surface area contributed by atoms with E-state index in [1.54, 1.807) is 6.92 Å². The number of hydrogen-bond acceptors (Lipinski definition) is 3. The van der Waals surface area contributed by atoms with Crippen LogP contribution >= 0.6 is 0 Å². The topological polar surface area (TPSA) is 43.4 Å². The Balaban J connectivity index is 2.00. The van der Waals surface area contributed by atoms with Crippen molar-refractivity contribution in [2.45, 2.75) is 39.0 Å². The summed E-state index contributed by atoms with van der Waals surface area (Å²) in [5, 5.41) is 0. The lowest BCUT2D eigenvalue weighted by Crippen LogP contribution is -2.39. The summed E-state index contributed by atoms with van der Waals surface area (Å²) in [5.41, 5.74) is -0.483. The number of carbonyl (C=O) groups is 2. The molecular formula is C13H18O3. The molecule has 4 unspecified atom stereocenters. The van der Waals surface area contributed by atoms with Gasteiger partial charge in [0.25, 0.3) is 0 Å². The summed E-state index contributed by atoms with van der Waals surface area (Å²) in [7, 11) is 1.46. The Morgan fingerprint density at radius 2 is 2.00 bits per heavy atom. The molecule has 4 aliphatic carbocycles. The quantitative estimate of drug-likeness (QED) is 0.671. The number of methoxy groups -OCH3 is 1. The molecule has 88 valence electrons. The van der Waals surface area contributed by atoms with E-state index in [0.717, 1.165) is 32.1 Å². The largest absolute Gasteiger partial charge is 0.469 e. The van der Waals surface area contributed by atoms with E-state index in [0.29, 0.717) is 17.6 Å². The zero-order valence-electron chi connectivity index (χ0n) is 9.91. The molecule has 0 aromatic heterocycles. The second-order valence-electron chi connectivity index (χ2n) is 6.07. The number of esters is 1. The zero-order chi connectivity index (χ0) is 11.6. The van der Waals surface area contributed by atoms with Crippen molar-refractivity contribution in [2.75, 3.05) is 7.11 Å². The molecule has 0 heterocycles. The smallest absolute Gasteiger partial charge is 0.311 e. The molecular weight excluding hydrogens is 204 g/mol. The van der Waals surface area contributed by atoms with Gasteiger partial charge < -0.3 is 4.74 Å². The Hall–Kier alpha value is -0.860. The van der Waals surface area contributed by atoms with Gasteiger partial charge in [0.1, 0.15) is 5.78 Å². The average molecular weight is 222 g/mol. The second-order valence-corrected chi connectivity index (χ2v) is 6.07. The number of Topliss-reactive ketones (excluding diaryl/α,β-unsaturated/α-hetero) is 1. The molecule has 0 aromatic rings. The Labute approximate surface area is 95.5 Å². The molecule has 0 saturated heterocycles. The van der Waals surface area contributed by atoms with Crippen LogP contribution in [0.2, 0.25) is 0 Å². The number of carbonyl (C=O) groups excluding carboxylic acids is 2. The molecule has 0 amide bonds. The Morgan fingerprint density at radius 3 is 2.56 bits per heavy atom. The fraction of sp³-hybridized carbons (Fsp3) is 0.846. The van der Waals surface area contributed by atoms with Crippen molar-refractivity contribution >= 4 is 11.8 Å². The lowest BCUT2D eigenvalue weighted by Gasteiger charge is -2.37. The van der Waals surface area contributed by atoms with Crippen molar-refractivity contribution in [1.29, 1.82) is 0 Å². The van der Waals surface area contributed by atoms with Crippen molar-refractivity contribution in [1.82, 2.24) is 0 Å². The van der Waals surface area contributed by atoms with Gasteiger partial charge in [0, 0.05) is 5.41 Å². The predicted molar refractivity (Wildman–Crippen MR) is 57.6 cm³/mol. The molecule has 4 rings (SSSR count). The van der Waals surface area contributed by atoms with Crippen molar-refractivity contribution < 1.29 is 14.3 Å². The first-order valence-electron chi connectivity index (χ1n) is 6.12. The summed E-state index contributed by atoms with van der Waals surface area (Å²) in [5.74, 6) is 1.24. The van der Waals surface area contributed by atoms with Gasteiger partial charge in [0.15, 0.2) is 0 Å². The maximum Gasteiger partial charge on any atom is 0.311 e. The first-order valence-corrected chi connectivity index (χ1v) is 6.12. The van der Waals surface area contributed by atoms with E-state index in [-0.39, 0.29) is 16.8 Å². The van der Waals surface area contributed by atoms with Crippen molar-refractivity contribution in [3.63, 3.8) is 0 Å². The summed E-state index contributed by atoms with van der Waals surface area (Å²) in [6, 6.07) is 0. The molecule has 4 bridgehead atoms. The third kappa shape index (κ3) is 0.994. The maximum atomic E-state index is 11.9. The fourth-order valence-electron chi connectivity index (χ4n) is 4.91. The van der Waals surface area contributed by atoms with Crippen molar-refractivity contribution in [3.8, 4) is 0 Å². The summed E-state index contributed by atoms with van der Waals surface area (Å²) in [4.78, 5) is 23.9. The van der Waals surface area contributed by atoms with E-state index in [2.05, 4.69) is 0 Å². The van der Waals surface area contributed by atoms with E-state index in [1.165, 1.54) is 7.11 Å². The van der Waals surface area contributed by atoms with Crippen LogP contribution in [0.3, 0.4) is 0 Å². The molecule has 4 atom stereocenters. The highest BCUT2D eigenvalue weighted by molar-refractivity contribution is 5.87. The third-order valence-corrected chi connectivity index (χ3v) is 5.34. The fourth-order valence-corrected chi connectivity index (χ4v) is 4.91. The molecule has 4 aliphatic rings. The Morgan fingerprint density at radius 1 is 1.25 bits per heavy atom. The van der Waals surface area contributed by atoms with Crippen LogP contribution in [-0.4, -0.2) is 18.9 Å². The highest BCUT2D eigenvalue weighted by atomic mass is 16.5. The molecule has 4 saturated carbocycles. The van der Waals surface area contributed by atoms with Gasteiger partial charge in [-0.1, -0.05) is 0 Å². The van der Waals surface area contributed by atoms with E-state index < -0.39 is 0 Å². The molecule has 0 aromatic carbocycles. The first-order chi connectivity index (χ1) is 7.52. The van der Waals surface area contributed by atoms with Gasteiger partial charge in [-0.3, -0.25) is 9.59 Å². The van der Waals surface area contributed by atoms with Crippen LogP contribution in [0.4, 0.5) is 0 Å². The number of hydrogen-bond donors (Lipinski definition) is 0. The second kappa shape index (κ2) is 2.88. The van der Waals surface area contributed by atoms with Gasteiger partial charge >= 0.3 is 5.97 Å². The van der Waals surface area contributed by atoms with Gasteiger partial charge in [0.2, 0.25) is 0 Å². The summed E-state index contributed by atoms with van der Waals surface area (Å²) >= 11 is 0. The normalized spacial score (nSPS) is 48.4. The molecule has 0 N–H and O–H groups in total. The van der Waals surface area contributed by atoms with Crippen LogP contribution in [0.5, 0.6) is 0 Å². The van der Waals surface area contributed by atoms with Gasteiger partial charge in [-0.15, -0.1) is 0 Å². The minimum absolute atomic E-state index is 0.0787. The van der Waals surface area contributed by atoms with Gasteiger partial charge in [-0.2, -0.15) is 0 Å². The third-order valence-electron chi connectivity index (χ3n) is 5.34. The van der Waals surface area contributed by atoms with Crippen LogP contribution in [0.1, 0.15) is 39.0 Å². The molecule has 3 nitrogen and oxygen atoms in total. The van der Waals surface area contributed by atoms with Crippen LogP contribution < -0.4 is 0 Å². The molecule has 16 heavy (non-hydrogen) atoms. The Bertz CT molecular complexity index is 375. The molecule has 3 heteroatoms. The van der Waals surface area contributed by atoms with Crippen molar-refractivity contribution in [3.05, 3.63) is 0 Å². The average Bonchev–Trinajstić information content (AvgIpc) is 2.63. The van der Waals surface area contributed by atoms with E-state index in [9.17, 15) is 9.59 Å². The van der Waals surface area contributed by atoms with E-state index in [4.69, 9.17) is 4.74 Å². The van der Waals surface area contributed by atoms with Gasteiger partial charge in [0.05, 0.1) is 12.5 Å². The predicted octanol–water partition coefficient (Wildman–Crippen LogP) is 1.94. The lowest BCUT2D eigenvalue weighted by molar-refractivity contribution is -0.156. The monoisotopic (exact) mass is 222 g/mol.